The highest BCUT2D eigenvalue weighted by atomic mass is 32.2. The van der Waals surface area contributed by atoms with Crippen LogP contribution in [0, 0.1) is 5.92 Å². The van der Waals surface area contributed by atoms with Gasteiger partial charge in [0, 0.05) is 11.8 Å². The molecule has 1 saturated carbocycles. The van der Waals surface area contributed by atoms with Crippen molar-refractivity contribution in [3.05, 3.63) is 0 Å². The molecule has 0 radical (unpaired) electrons. The van der Waals surface area contributed by atoms with E-state index in [0.29, 0.717) is 5.92 Å². The van der Waals surface area contributed by atoms with E-state index in [-0.39, 0.29) is 30.4 Å². The summed E-state index contributed by atoms with van der Waals surface area (Å²) < 4.78 is 0. The molecule has 2 amide bonds. The predicted octanol–water partition coefficient (Wildman–Crippen LogP) is 1.40. The maximum atomic E-state index is 12.7. The first-order valence-corrected chi connectivity index (χ1v) is 8.59. The average Bonchev–Trinajstić information content (AvgIpc) is 2.96. The van der Waals surface area contributed by atoms with E-state index >= 15 is 0 Å². The molecular weight excluding hydrogens is 260 g/mol. The molecule has 0 aromatic heterocycles. The van der Waals surface area contributed by atoms with Gasteiger partial charge in [-0.25, -0.2) is 0 Å². The molecule has 2 atom stereocenters. The Kier molecular flexibility index (Phi) is 4.01. The van der Waals surface area contributed by atoms with E-state index in [9.17, 15) is 9.59 Å². The fourth-order valence-corrected chi connectivity index (χ4v) is 4.78. The number of rotatable bonds is 2. The maximum absolute atomic E-state index is 12.7. The molecule has 0 aromatic rings. The quantitative estimate of drug-likeness (QED) is 0.833. The summed E-state index contributed by atoms with van der Waals surface area (Å²) in [5.41, 5.74) is 0. The van der Waals surface area contributed by atoms with Crippen LogP contribution >= 0.6 is 11.8 Å². The Morgan fingerprint density at radius 3 is 2.58 bits per heavy atom. The van der Waals surface area contributed by atoms with E-state index in [4.69, 9.17) is 0 Å². The highest BCUT2D eigenvalue weighted by Gasteiger charge is 2.41. The Morgan fingerprint density at radius 2 is 1.89 bits per heavy atom. The zero-order valence-corrected chi connectivity index (χ0v) is 12.1. The van der Waals surface area contributed by atoms with Crippen LogP contribution in [0.5, 0.6) is 0 Å². The van der Waals surface area contributed by atoms with Crippen LogP contribution in [0.15, 0.2) is 0 Å². The summed E-state index contributed by atoms with van der Waals surface area (Å²) >= 11 is 1.89. The number of hydrogen-bond acceptors (Lipinski definition) is 3. The molecule has 2 saturated heterocycles. The van der Waals surface area contributed by atoms with Crippen molar-refractivity contribution >= 4 is 23.6 Å². The van der Waals surface area contributed by atoms with Crippen molar-refractivity contribution in [2.45, 2.75) is 50.6 Å². The third-order valence-corrected chi connectivity index (χ3v) is 5.79. The summed E-state index contributed by atoms with van der Waals surface area (Å²) in [7, 11) is 0. The average molecular weight is 282 g/mol. The van der Waals surface area contributed by atoms with Gasteiger partial charge in [0.15, 0.2) is 0 Å². The minimum atomic E-state index is -0.243. The fourth-order valence-electron chi connectivity index (χ4n) is 3.56. The van der Waals surface area contributed by atoms with Crippen LogP contribution in [0.4, 0.5) is 0 Å². The van der Waals surface area contributed by atoms with E-state index in [1.807, 2.05) is 16.7 Å². The Balaban J connectivity index is 1.72. The largest absolute Gasteiger partial charge is 0.342 e. The van der Waals surface area contributed by atoms with Crippen LogP contribution in [0.2, 0.25) is 0 Å². The molecule has 2 unspecified atom stereocenters. The fraction of sp³-hybridized carbons (Fsp3) is 0.857. The number of carbonyl (C=O) groups is 2. The molecule has 3 aliphatic rings. The summed E-state index contributed by atoms with van der Waals surface area (Å²) in [6, 6.07) is 0.0433. The number of nitrogens with zero attached hydrogens (tertiary/aromatic N) is 1. The summed E-state index contributed by atoms with van der Waals surface area (Å²) in [5, 5.41) is 2.95. The van der Waals surface area contributed by atoms with Gasteiger partial charge in [0.25, 0.3) is 0 Å². The second-order valence-electron chi connectivity index (χ2n) is 5.93. The van der Waals surface area contributed by atoms with Crippen molar-refractivity contribution in [3.8, 4) is 0 Å². The third kappa shape index (κ3) is 2.76. The van der Waals surface area contributed by atoms with E-state index in [2.05, 4.69) is 5.32 Å². The number of thioether (sulfide) groups is 1. The number of nitrogens with one attached hydrogen (secondary N) is 1. The minimum absolute atomic E-state index is 0.0343. The molecule has 106 valence electrons. The molecule has 0 spiro atoms. The highest BCUT2D eigenvalue weighted by Crippen LogP contribution is 2.30. The molecule has 2 aliphatic heterocycles. The van der Waals surface area contributed by atoms with Crippen molar-refractivity contribution in [1.29, 1.82) is 0 Å². The van der Waals surface area contributed by atoms with Gasteiger partial charge >= 0.3 is 0 Å². The molecule has 0 bridgehead atoms. The van der Waals surface area contributed by atoms with Crippen molar-refractivity contribution in [3.63, 3.8) is 0 Å². The van der Waals surface area contributed by atoms with Gasteiger partial charge in [0.2, 0.25) is 11.8 Å². The Labute approximate surface area is 118 Å². The lowest BCUT2D eigenvalue weighted by molar-refractivity contribution is -0.148. The molecule has 3 fully saturated rings. The van der Waals surface area contributed by atoms with Gasteiger partial charge in [-0.2, -0.15) is 11.8 Å². The first-order chi connectivity index (χ1) is 9.25. The third-order valence-electron chi connectivity index (χ3n) is 4.65. The van der Waals surface area contributed by atoms with Crippen molar-refractivity contribution in [2.24, 2.45) is 5.92 Å². The van der Waals surface area contributed by atoms with Gasteiger partial charge < -0.3 is 10.2 Å². The molecule has 5 heteroatoms. The van der Waals surface area contributed by atoms with Crippen LogP contribution < -0.4 is 5.32 Å². The molecule has 4 nitrogen and oxygen atoms in total. The number of hydrogen-bond donors (Lipinski definition) is 1. The number of piperazine rings is 1. The first kappa shape index (κ1) is 13.3. The monoisotopic (exact) mass is 282 g/mol. The molecule has 2 heterocycles. The van der Waals surface area contributed by atoms with Crippen LogP contribution in [0.25, 0.3) is 0 Å². The van der Waals surface area contributed by atoms with E-state index < -0.39 is 0 Å². The summed E-state index contributed by atoms with van der Waals surface area (Å²) in [5.74, 6) is 2.69. The lowest BCUT2D eigenvalue weighted by atomic mass is 9.82. The van der Waals surface area contributed by atoms with Gasteiger partial charge in [-0.15, -0.1) is 0 Å². The summed E-state index contributed by atoms with van der Waals surface area (Å²) in [4.78, 5) is 26.4. The number of amides is 2. The Morgan fingerprint density at radius 1 is 1.11 bits per heavy atom. The van der Waals surface area contributed by atoms with Gasteiger partial charge in [-0.3, -0.25) is 9.59 Å². The lowest BCUT2D eigenvalue weighted by Gasteiger charge is -2.40. The normalized spacial score (nSPS) is 33.6. The van der Waals surface area contributed by atoms with Gasteiger partial charge in [-0.1, -0.05) is 19.3 Å². The second-order valence-corrected chi connectivity index (χ2v) is 7.08. The standard InChI is InChI=1S/C14H22N2O2S/c17-12-8-16(11-6-7-19-9-11)14(18)13(15-12)10-4-2-1-3-5-10/h10-11,13H,1-9H2,(H,15,17). The summed E-state index contributed by atoms with van der Waals surface area (Å²) in [6.45, 7) is 0.271. The maximum Gasteiger partial charge on any atom is 0.246 e. The lowest BCUT2D eigenvalue weighted by Crippen LogP contribution is -2.63. The molecule has 1 N–H and O–H groups in total. The SMILES string of the molecule is O=C1CN(C2CCSC2)C(=O)C(C2CCCCC2)N1. The minimum Gasteiger partial charge on any atom is -0.342 e. The van der Waals surface area contributed by atoms with Gasteiger partial charge in [0.05, 0.1) is 6.54 Å². The molecule has 0 aromatic carbocycles. The van der Waals surface area contributed by atoms with Crippen molar-refractivity contribution in [1.82, 2.24) is 10.2 Å². The Hall–Kier alpha value is -0.710. The van der Waals surface area contributed by atoms with Crippen molar-refractivity contribution in [2.75, 3.05) is 18.1 Å². The van der Waals surface area contributed by atoms with Crippen LogP contribution in [0.1, 0.15) is 38.5 Å². The van der Waals surface area contributed by atoms with E-state index in [1.165, 1.54) is 19.3 Å². The molecule has 19 heavy (non-hydrogen) atoms. The Bertz CT molecular complexity index is 362. The van der Waals surface area contributed by atoms with Gasteiger partial charge in [-0.05, 0) is 30.9 Å². The zero-order chi connectivity index (χ0) is 13.2. The van der Waals surface area contributed by atoms with E-state index in [1.54, 1.807) is 0 Å². The zero-order valence-electron chi connectivity index (χ0n) is 11.3. The number of carbonyl (C=O) groups excluding carboxylic acids is 2. The molecular formula is C14H22N2O2S. The first-order valence-electron chi connectivity index (χ1n) is 7.43. The van der Waals surface area contributed by atoms with Gasteiger partial charge in [0.1, 0.15) is 6.04 Å². The van der Waals surface area contributed by atoms with Crippen LogP contribution in [-0.4, -0.2) is 46.8 Å². The highest BCUT2D eigenvalue weighted by molar-refractivity contribution is 7.99. The van der Waals surface area contributed by atoms with Crippen molar-refractivity contribution < 1.29 is 9.59 Å². The molecule has 1 aliphatic carbocycles. The predicted molar refractivity (Wildman–Crippen MR) is 75.9 cm³/mol. The smallest absolute Gasteiger partial charge is 0.246 e. The summed E-state index contributed by atoms with van der Waals surface area (Å²) in [6.07, 6.45) is 6.89. The van der Waals surface area contributed by atoms with E-state index in [0.717, 1.165) is 30.8 Å². The van der Waals surface area contributed by atoms with Crippen LogP contribution in [0.3, 0.4) is 0 Å². The van der Waals surface area contributed by atoms with Crippen LogP contribution in [-0.2, 0) is 9.59 Å². The second kappa shape index (κ2) is 5.73. The topological polar surface area (TPSA) is 49.4 Å². The molecule has 3 rings (SSSR count).